The number of amides is 1. The molecule has 4 nitrogen and oxygen atoms in total. The average Bonchev–Trinajstić information content (AvgIpc) is 2.29. The Kier molecular flexibility index (Phi) is 3.89. The van der Waals surface area contributed by atoms with Gasteiger partial charge in [0, 0.05) is 29.3 Å². The molecule has 1 atom stereocenters. The molecule has 1 heterocycles. The van der Waals surface area contributed by atoms with Crippen molar-refractivity contribution in [2.75, 3.05) is 18.4 Å². The van der Waals surface area contributed by atoms with Gasteiger partial charge in [0.1, 0.15) is 0 Å². The molecule has 1 fully saturated rings. The van der Waals surface area contributed by atoms with E-state index in [-0.39, 0.29) is 6.04 Å². The minimum absolute atomic E-state index is 0.203. The normalized spacial score (nSPS) is 20.1. The minimum Gasteiger partial charge on any atom is -0.465 e. The summed E-state index contributed by atoms with van der Waals surface area (Å²) in [6.45, 7) is 1.20. The van der Waals surface area contributed by atoms with E-state index >= 15 is 0 Å². The highest BCUT2D eigenvalue weighted by atomic mass is 79.9. The Labute approximate surface area is 109 Å². The summed E-state index contributed by atoms with van der Waals surface area (Å²) in [5.74, 6) is 0. The fourth-order valence-corrected chi connectivity index (χ4v) is 2.48. The van der Waals surface area contributed by atoms with E-state index in [1.165, 1.54) is 4.90 Å². The molecule has 0 radical (unpaired) electrons. The van der Waals surface area contributed by atoms with E-state index < -0.39 is 6.09 Å². The molecule has 0 spiro atoms. The number of benzene rings is 1. The summed E-state index contributed by atoms with van der Waals surface area (Å²) < 4.78 is 1.02. The van der Waals surface area contributed by atoms with Gasteiger partial charge in [0.15, 0.2) is 0 Å². The lowest BCUT2D eigenvalue weighted by Gasteiger charge is -2.31. The Morgan fingerprint density at radius 3 is 3.06 bits per heavy atom. The third-order valence-corrected chi connectivity index (χ3v) is 3.38. The van der Waals surface area contributed by atoms with Crippen LogP contribution >= 0.6 is 15.9 Å². The van der Waals surface area contributed by atoms with E-state index in [1.54, 1.807) is 0 Å². The van der Waals surface area contributed by atoms with Gasteiger partial charge in [0.05, 0.1) is 0 Å². The Hall–Kier alpha value is -1.23. The van der Waals surface area contributed by atoms with Gasteiger partial charge in [-0.1, -0.05) is 22.0 Å². The fourth-order valence-electron chi connectivity index (χ4n) is 2.08. The summed E-state index contributed by atoms with van der Waals surface area (Å²) in [5.41, 5.74) is 1.02. The van der Waals surface area contributed by atoms with Crippen molar-refractivity contribution in [3.63, 3.8) is 0 Å². The van der Waals surface area contributed by atoms with Crippen LogP contribution in [-0.4, -0.2) is 35.2 Å². The highest BCUT2D eigenvalue weighted by Crippen LogP contribution is 2.19. The third kappa shape index (κ3) is 3.36. The van der Waals surface area contributed by atoms with Gasteiger partial charge < -0.3 is 15.3 Å². The van der Waals surface area contributed by atoms with Gasteiger partial charge in [-0.15, -0.1) is 0 Å². The Bertz CT molecular complexity index is 411. The van der Waals surface area contributed by atoms with Crippen LogP contribution in [0.15, 0.2) is 28.7 Å². The van der Waals surface area contributed by atoms with Crippen molar-refractivity contribution >= 4 is 27.7 Å². The van der Waals surface area contributed by atoms with Crippen molar-refractivity contribution in [1.82, 2.24) is 4.90 Å². The predicted octanol–water partition coefficient (Wildman–Crippen LogP) is 3.00. The molecule has 0 bridgehead atoms. The van der Waals surface area contributed by atoms with Gasteiger partial charge in [0.25, 0.3) is 0 Å². The summed E-state index contributed by atoms with van der Waals surface area (Å²) in [5, 5.41) is 12.3. The first-order valence-corrected chi connectivity index (χ1v) is 6.44. The predicted molar refractivity (Wildman–Crippen MR) is 70.4 cm³/mol. The topological polar surface area (TPSA) is 52.6 Å². The number of nitrogens with one attached hydrogen (secondary N) is 1. The summed E-state index contributed by atoms with van der Waals surface area (Å²) in [6.07, 6.45) is 1.10. The number of hydrogen-bond acceptors (Lipinski definition) is 2. The van der Waals surface area contributed by atoms with Crippen molar-refractivity contribution in [3.8, 4) is 0 Å². The lowest BCUT2D eigenvalue weighted by Crippen LogP contribution is -2.44. The van der Waals surface area contributed by atoms with Crippen LogP contribution in [0.4, 0.5) is 10.5 Å². The van der Waals surface area contributed by atoms with Crippen molar-refractivity contribution in [1.29, 1.82) is 0 Å². The zero-order valence-electron chi connectivity index (χ0n) is 9.40. The van der Waals surface area contributed by atoms with Crippen LogP contribution in [0.25, 0.3) is 0 Å². The zero-order chi connectivity index (χ0) is 12.3. The Morgan fingerprint density at radius 1 is 1.53 bits per heavy atom. The lowest BCUT2D eigenvalue weighted by molar-refractivity contribution is 0.133. The van der Waals surface area contributed by atoms with E-state index in [0.29, 0.717) is 13.1 Å². The number of piperidine rings is 1. The van der Waals surface area contributed by atoms with E-state index in [1.807, 2.05) is 24.3 Å². The van der Waals surface area contributed by atoms with Gasteiger partial charge in [-0.2, -0.15) is 0 Å². The van der Waals surface area contributed by atoms with Gasteiger partial charge in [-0.05, 0) is 31.0 Å². The van der Waals surface area contributed by atoms with Crippen LogP contribution in [0.2, 0.25) is 0 Å². The van der Waals surface area contributed by atoms with Crippen LogP contribution < -0.4 is 5.32 Å². The van der Waals surface area contributed by atoms with E-state index in [2.05, 4.69) is 21.2 Å². The van der Waals surface area contributed by atoms with Gasteiger partial charge >= 0.3 is 6.09 Å². The second-order valence-corrected chi connectivity index (χ2v) is 5.14. The smallest absolute Gasteiger partial charge is 0.407 e. The first-order chi connectivity index (χ1) is 8.15. The minimum atomic E-state index is -0.828. The molecular weight excluding hydrogens is 284 g/mol. The van der Waals surface area contributed by atoms with E-state index in [9.17, 15) is 4.79 Å². The average molecular weight is 299 g/mol. The molecule has 1 aliphatic heterocycles. The number of likely N-dealkylation sites (tertiary alicyclic amines) is 1. The summed E-state index contributed by atoms with van der Waals surface area (Å²) in [6, 6.07) is 8.12. The molecule has 0 unspecified atom stereocenters. The number of anilines is 1. The monoisotopic (exact) mass is 298 g/mol. The molecule has 1 aromatic carbocycles. The van der Waals surface area contributed by atoms with Gasteiger partial charge in [-0.25, -0.2) is 4.79 Å². The van der Waals surface area contributed by atoms with Crippen LogP contribution in [0, 0.1) is 0 Å². The quantitative estimate of drug-likeness (QED) is 0.882. The Balaban J connectivity index is 1.97. The highest BCUT2D eigenvalue weighted by molar-refractivity contribution is 9.10. The van der Waals surface area contributed by atoms with Crippen molar-refractivity contribution in [2.24, 2.45) is 0 Å². The number of nitrogens with zero attached hydrogens (tertiary/aromatic N) is 1. The number of hydrogen-bond donors (Lipinski definition) is 2. The molecule has 2 rings (SSSR count). The second-order valence-electron chi connectivity index (χ2n) is 4.22. The van der Waals surface area contributed by atoms with Crippen LogP contribution in [-0.2, 0) is 0 Å². The van der Waals surface area contributed by atoms with Crippen LogP contribution in [0.5, 0.6) is 0 Å². The molecule has 92 valence electrons. The molecule has 1 aromatic rings. The maximum Gasteiger partial charge on any atom is 0.407 e. The molecule has 2 N–H and O–H groups in total. The van der Waals surface area contributed by atoms with Crippen LogP contribution in [0.3, 0.4) is 0 Å². The van der Waals surface area contributed by atoms with Gasteiger partial charge in [-0.3, -0.25) is 0 Å². The standard InChI is InChI=1S/C12H15BrN2O2/c13-9-3-1-4-10(7-9)14-11-5-2-6-15(8-11)12(16)17/h1,3-4,7,11,14H,2,5-6,8H2,(H,16,17)/t11-/m1/s1. The first-order valence-electron chi connectivity index (χ1n) is 5.65. The SMILES string of the molecule is O=C(O)N1CCC[C@@H](Nc2cccc(Br)c2)C1. The summed E-state index contributed by atoms with van der Waals surface area (Å²) >= 11 is 3.42. The molecule has 0 saturated carbocycles. The molecule has 5 heteroatoms. The Morgan fingerprint density at radius 2 is 2.35 bits per heavy atom. The third-order valence-electron chi connectivity index (χ3n) is 2.89. The molecular formula is C12H15BrN2O2. The molecule has 1 saturated heterocycles. The van der Waals surface area contributed by atoms with Crippen molar-refractivity contribution in [3.05, 3.63) is 28.7 Å². The van der Waals surface area contributed by atoms with Crippen LogP contribution in [0.1, 0.15) is 12.8 Å². The molecule has 1 aliphatic rings. The van der Waals surface area contributed by atoms with E-state index in [4.69, 9.17) is 5.11 Å². The number of carbonyl (C=O) groups is 1. The summed E-state index contributed by atoms with van der Waals surface area (Å²) in [7, 11) is 0. The van der Waals surface area contributed by atoms with Gasteiger partial charge in [0.2, 0.25) is 0 Å². The molecule has 1 amide bonds. The zero-order valence-corrected chi connectivity index (χ0v) is 11.0. The molecule has 0 aromatic heterocycles. The van der Waals surface area contributed by atoms with E-state index in [0.717, 1.165) is 23.0 Å². The lowest BCUT2D eigenvalue weighted by atomic mass is 10.1. The van der Waals surface area contributed by atoms with Crippen molar-refractivity contribution in [2.45, 2.75) is 18.9 Å². The molecule has 17 heavy (non-hydrogen) atoms. The number of rotatable bonds is 2. The first kappa shape index (κ1) is 12.2. The fraction of sp³-hybridized carbons (Fsp3) is 0.417. The maximum absolute atomic E-state index is 10.9. The highest BCUT2D eigenvalue weighted by Gasteiger charge is 2.22. The number of carboxylic acid groups (broad SMARTS) is 1. The largest absolute Gasteiger partial charge is 0.465 e. The second kappa shape index (κ2) is 5.40. The maximum atomic E-state index is 10.9. The van der Waals surface area contributed by atoms with Crippen molar-refractivity contribution < 1.29 is 9.90 Å². The molecule has 0 aliphatic carbocycles. The number of halogens is 1. The summed E-state index contributed by atoms with van der Waals surface area (Å²) in [4.78, 5) is 12.4.